The van der Waals surface area contributed by atoms with E-state index in [1.807, 2.05) is 0 Å². The first-order chi connectivity index (χ1) is 12.5. The van der Waals surface area contributed by atoms with Gasteiger partial charge in [0.05, 0.1) is 11.9 Å². The van der Waals surface area contributed by atoms with E-state index in [0.717, 1.165) is 11.8 Å². The van der Waals surface area contributed by atoms with Gasteiger partial charge in [0.1, 0.15) is 4.47 Å². The van der Waals surface area contributed by atoms with Crippen LogP contribution in [0.1, 0.15) is 0 Å². The molecule has 3 aromatic heterocycles. The summed E-state index contributed by atoms with van der Waals surface area (Å²) in [5.74, 6) is -1.33. The maximum absolute atomic E-state index is 13.2. The molecule has 8 nitrogen and oxygen atoms in total. The lowest BCUT2D eigenvalue weighted by molar-refractivity contribution is -0.141. The van der Waals surface area contributed by atoms with Crippen molar-refractivity contribution < 1.29 is 19.0 Å². The molecule has 0 aliphatic heterocycles. The zero-order valence-corrected chi connectivity index (χ0v) is 15.6. The number of thioether (sulfide) groups is 1. The Kier molecular flexibility index (Phi) is 5.47. The number of aromatic nitrogens is 5. The molecule has 1 unspecified atom stereocenters. The highest BCUT2D eigenvalue weighted by Gasteiger charge is 2.26. The second-order valence-corrected chi connectivity index (χ2v) is 6.53. The topological polar surface area (TPSA) is 103 Å². The van der Waals surface area contributed by atoms with Gasteiger partial charge in [0.15, 0.2) is 5.82 Å². The molecule has 26 heavy (non-hydrogen) atoms. The third-order valence-corrected chi connectivity index (χ3v) is 4.64. The van der Waals surface area contributed by atoms with Crippen LogP contribution >= 0.6 is 27.7 Å². The van der Waals surface area contributed by atoms with Crippen LogP contribution < -0.4 is 4.74 Å². The van der Waals surface area contributed by atoms with Crippen molar-refractivity contribution in [2.24, 2.45) is 0 Å². The molecule has 3 heterocycles. The van der Waals surface area contributed by atoms with E-state index in [1.54, 1.807) is 6.26 Å². The molecule has 0 fully saturated rings. The summed E-state index contributed by atoms with van der Waals surface area (Å²) in [4.78, 5) is 23.1. The molecule has 0 radical (unpaired) electrons. The van der Waals surface area contributed by atoms with Crippen LogP contribution in [0.4, 0.5) is 4.39 Å². The molecule has 11 heteroatoms. The lowest BCUT2D eigenvalue weighted by atomic mass is 10.2. The summed E-state index contributed by atoms with van der Waals surface area (Å²) in [6.07, 6.45) is 7.41. The Morgan fingerprint density at radius 2 is 2.15 bits per heavy atom. The molecular weight excluding hydrogens is 429 g/mol. The van der Waals surface area contributed by atoms with Crippen molar-refractivity contribution in [3.8, 4) is 23.0 Å². The maximum atomic E-state index is 13.2. The second-order valence-electron chi connectivity index (χ2n) is 4.84. The van der Waals surface area contributed by atoms with Crippen molar-refractivity contribution in [2.75, 3.05) is 6.26 Å². The molecule has 0 aromatic carbocycles. The largest absolute Gasteiger partial charge is 0.478 e. The number of hydrogen-bond acceptors (Lipinski definition) is 7. The van der Waals surface area contributed by atoms with Crippen LogP contribution in [-0.2, 0) is 4.79 Å². The van der Waals surface area contributed by atoms with Gasteiger partial charge in [-0.25, -0.2) is 19.4 Å². The van der Waals surface area contributed by atoms with E-state index in [-0.39, 0.29) is 5.88 Å². The van der Waals surface area contributed by atoms with E-state index >= 15 is 0 Å². The normalized spacial score (nSPS) is 12.0. The number of carbonyl (C=O) groups is 1. The fraction of sp³-hybridized carbons (Fsp3) is 0.133. The monoisotopic (exact) mass is 439 g/mol. The van der Waals surface area contributed by atoms with Crippen LogP contribution in [0.3, 0.4) is 0 Å². The molecule has 0 aliphatic rings. The van der Waals surface area contributed by atoms with Crippen molar-refractivity contribution in [1.29, 1.82) is 0 Å². The minimum Gasteiger partial charge on any atom is -0.478 e. The fourth-order valence-corrected chi connectivity index (χ4v) is 3.04. The van der Waals surface area contributed by atoms with Gasteiger partial charge in [0, 0.05) is 24.2 Å². The van der Waals surface area contributed by atoms with Crippen LogP contribution in [0.15, 0.2) is 41.4 Å². The average Bonchev–Trinajstić information content (AvgIpc) is 2.97. The zero-order valence-electron chi connectivity index (χ0n) is 13.2. The molecule has 0 saturated carbocycles. The van der Waals surface area contributed by atoms with Gasteiger partial charge in [-0.05, 0) is 34.3 Å². The van der Waals surface area contributed by atoms with Crippen LogP contribution in [-0.4, -0.2) is 47.5 Å². The molecule has 0 saturated heterocycles. The predicted octanol–water partition coefficient (Wildman–Crippen LogP) is 2.78. The second kappa shape index (κ2) is 7.79. The summed E-state index contributed by atoms with van der Waals surface area (Å²) in [7, 11) is 0. The summed E-state index contributed by atoms with van der Waals surface area (Å²) in [6.45, 7) is 0. The highest BCUT2D eigenvalue weighted by atomic mass is 79.9. The molecule has 0 spiro atoms. The Morgan fingerprint density at radius 3 is 2.73 bits per heavy atom. The van der Waals surface area contributed by atoms with Gasteiger partial charge >= 0.3 is 5.97 Å². The number of halogens is 2. The van der Waals surface area contributed by atoms with Crippen molar-refractivity contribution in [3.63, 3.8) is 0 Å². The number of rotatable bonds is 6. The average molecular weight is 440 g/mol. The Labute approximate surface area is 159 Å². The molecule has 0 aliphatic carbocycles. The number of hydrogen-bond donors (Lipinski definition) is 1. The Morgan fingerprint density at radius 1 is 1.35 bits per heavy atom. The van der Waals surface area contributed by atoms with Gasteiger partial charge in [-0.15, -0.1) is 16.9 Å². The lowest BCUT2D eigenvalue weighted by Crippen LogP contribution is -2.23. The van der Waals surface area contributed by atoms with Gasteiger partial charge in [0.25, 0.3) is 0 Å². The van der Waals surface area contributed by atoms with E-state index < -0.39 is 17.4 Å². The third kappa shape index (κ3) is 3.68. The zero-order chi connectivity index (χ0) is 18.7. The minimum absolute atomic E-state index is 0.0525. The number of carboxylic acids is 1. The first-order valence-corrected chi connectivity index (χ1v) is 9.18. The number of pyridine rings is 1. The number of carboxylic acid groups (broad SMARTS) is 1. The Balaban J connectivity index is 2.14. The Hall–Kier alpha value is -2.53. The van der Waals surface area contributed by atoms with Crippen LogP contribution in [0, 0.1) is 5.95 Å². The number of aliphatic carboxylic acids is 1. The molecule has 0 bridgehead atoms. The SMILES string of the molecule is CSC(Oc1nn(-c2cnccn2)c(-c2ccc(F)nc2)c1Br)C(=O)O. The lowest BCUT2D eigenvalue weighted by Gasteiger charge is -2.10. The molecule has 1 atom stereocenters. The van der Waals surface area contributed by atoms with Gasteiger partial charge in [-0.3, -0.25) is 4.98 Å². The van der Waals surface area contributed by atoms with Crippen LogP contribution in [0.5, 0.6) is 5.88 Å². The molecule has 1 N–H and O–H groups in total. The van der Waals surface area contributed by atoms with Crippen LogP contribution in [0.2, 0.25) is 0 Å². The summed E-state index contributed by atoms with van der Waals surface area (Å²) < 4.78 is 20.5. The van der Waals surface area contributed by atoms with E-state index in [2.05, 4.69) is 36.0 Å². The molecule has 3 aromatic rings. The molecule has 134 valence electrons. The first kappa shape index (κ1) is 18.3. The smallest absolute Gasteiger partial charge is 0.355 e. The summed E-state index contributed by atoms with van der Waals surface area (Å²) in [5, 5.41) is 13.5. The fourth-order valence-electron chi connectivity index (χ4n) is 2.09. The first-order valence-electron chi connectivity index (χ1n) is 7.10. The van der Waals surface area contributed by atoms with Gasteiger partial charge < -0.3 is 9.84 Å². The molecular formula is C15H11BrFN5O3S. The van der Waals surface area contributed by atoms with Crippen LogP contribution in [0.25, 0.3) is 17.1 Å². The third-order valence-electron chi connectivity index (χ3n) is 3.20. The van der Waals surface area contributed by atoms with Crippen molar-refractivity contribution in [3.05, 3.63) is 47.3 Å². The van der Waals surface area contributed by atoms with Gasteiger partial charge in [0.2, 0.25) is 17.3 Å². The highest BCUT2D eigenvalue weighted by Crippen LogP contribution is 2.37. The maximum Gasteiger partial charge on any atom is 0.355 e. The predicted molar refractivity (Wildman–Crippen MR) is 95.6 cm³/mol. The quantitative estimate of drug-likeness (QED) is 0.461. The van der Waals surface area contributed by atoms with E-state index in [9.17, 15) is 14.3 Å². The number of ether oxygens (including phenoxy) is 1. The highest BCUT2D eigenvalue weighted by molar-refractivity contribution is 9.10. The summed E-state index contributed by atoms with van der Waals surface area (Å²) in [5.41, 5.74) is -0.142. The van der Waals surface area contributed by atoms with E-state index in [4.69, 9.17) is 4.74 Å². The molecule has 0 amide bonds. The van der Waals surface area contributed by atoms with Crippen molar-refractivity contribution in [1.82, 2.24) is 24.7 Å². The standard InChI is InChI=1S/C15H11BrFN5O3S/c1-26-15(14(23)24)25-13-11(16)12(8-2-3-9(17)20-6-8)22(21-13)10-7-18-4-5-19-10/h2-7,15H,1H3,(H,23,24). The van der Waals surface area contributed by atoms with E-state index in [1.165, 1.54) is 41.6 Å². The summed E-state index contributed by atoms with van der Waals surface area (Å²) in [6, 6.07) is 2.72. The van der Waals surface area contributed by atoms with Crippen molar-refractivity contribution in [2.45, 2.75) is 5.44 Å². The summed E-state index contributed by atoms with van der Waals surface area (Å²) >= 11 is 4.39. The molecule has 3 rings (SSSR count). The minimum atomic E-state index is -1.14. The van der Waals surface area contributed by atoms with Crippen molar-refractivity contribution >= 4 is 33.7 Å². The van der Waals surface area contributed by atoms with Gasteiger partial charge in [-0.1, -0.05) is 0 Å². The number of nitrogens with zero attached hydrogens (tertiary/aromatic N) is 5. The Bertz CT molecular complexity index is 923. The van der Waals surface area contributed by atoms with Gasteiger partial charge in [-0.2, -0.15) is 4.39 Å². The van der Waals surface area contributed by atoms with E-state index in [0.29, 0.717) is 21.5 Å².